The Kier molecular flexibility index (Phi) is 5.69. The van der Waals surface area contributed by atoms with E-state index in [-0.39, 0.29) is 0 Å². The summed E-state index contributed by atoms with van der Waals surface area (Å²) in [7, 11) is 1.73. The van der Waals surface area contributed by atoms with Gasteiger partial charge in [0.2, 0.25) is 0 Å². The van der Waals surface area contributed by atoms with Crippen LogP contribution >= 0.6 is 11.6 Å². The molecule has 0 radical (unpaired) electrons. The number of rotatable bonds is 6. The Morgan fingerprint density at radius 3 is 2.53 bits per heavy atom. The van der Waals surface area contributed by atoms with Crippen LogP contribution in [0.15, 0.2) is 24.3 Å². The number of nitrogens with one attached hydrogen (secondary N) is 1. The minimum absolute atomic E-state index is 0.422. The Hall–Kier alpha value is -0.570. The highest BCUT2D eigenvalue weighted by Gasteiger charge is 2.04. The van der Waals surface area contributed by atoms with Gasteiger partial charge in [0, 0.05) is 24.7 Å². The van der Waals surface area contributed by atoms with Gasteiger partial charge in [-0.15, -0.1) is 0 Å². The summed E-state index contributed by atoms with van der Waals surface area (Å²) >= 11 is 5.81. The molecule has 1 rings (SSSR count). The van der Waals surface area contributed by atoms with Gasteiger partial charge in [-0.25, -0.2) is 0 Å². The minimum Gasteiger partial charge on any atom is -0.383 e. The molecule has 1 N–H and O–H groups in total. The number of ether oxygens (including phenoxy) is 1. The third-order valence-electron chi connectivity index (χ3n) is 2.37. The molecule has 3 heteroatoms. The van der Waals surface area contributed by atoms with Crippen molar-refractivity contribution in [3.05, 3.63) is 34.9 Å². The van der Waals surface area contributed by atoms with Crippen LogP contribution in [-0.4, -0.2) is 19.8 Å². The number of methoxy groups -OCH3 is 1. The molecule has 0 saturated heterocycles. The fourth-order valence-corrected chi connectivity index (χ4v) is 1.51. The molecule has 0 saturated carbocycles. The molecule has 0 fully saturated rings. The summed E-state index contributed by atoms with van der Waals surface area (Å²) in [6.45, 7) is 3.77. The van der Waals surface area contributed by atoms with Crippen molar-refractivity contribution in [1.29, 1.82) is 0 Å². The lowest BCUT2D eigenvalue weighted by Gasteiger charge is -2.15. The Labute approximate surface area is 96.6 Å². The van der Waals surface area contributed by atoms with E-state index in [2.05, 4.69) is 12.2 Å². The van der Waals surface area contributed by atoms with Crippen LogP contribution < -0.4 is 5.32 Å². The summed E-state index contributed by atoms with van der Waals surface area (Å²) in [6.07, 6.45) is 1.07. The van der Waals surface area contributed by atoms with Gasteiger partial charge in [-0.1, -0.05) is 30.7 Å². The number of halogens is 1. The largest absolute Gasteiger partial charge is 0.383 e. The van der Waals surface area contributed by atoms with Crippen molar-refractivity contribution >= 4 is 11.6 Å². The number of hydrogen-bond donors (Lipinski definition) is 1. The van der Waals surface area contributed by atoms with E-state index < -0.39 is 0 Å². The summed E-state index contributed by atoms with van der Waals surface area (Å²) in [5.74, 6) is 0. The highest BCUT2D eigenvalue weighted by Crippen LogP contribution is 2.09. The van der Waals surface area contributed by atoms with E-state index in [0.717, 1.165) is 24.6 Å². The third kappa shape index (κ3) is 4.65. The highest BCUT2D eigenvalue weighted by molar-refractivity contribution is 6.30. The molecule has 1 aromatic carbocycles. The second kappa shape index (κ2) is 6.83. The van der Waals surface area contributed by atoms with E-state index in [1.165, 1.54) is 5.56 Å². The summed E-state index contributed by atoms with van der Waals surface area (Å²) < 4.78 is 5.12. The van der Waals surface area contributed by atoms with Crippen LogP contribution in [0.25, 0.3) is 0 Å². The van der Waals surface area contributed by atoms with Crippen LogP contribution in [-0.2, 0) is 11.3 Å². The van der Waals surface area contributed by atoms with Crippen LogP contribution in [0, 0.1) is 0 Å². The molecule has 0 aromatic heterocycles. The summed E-state index contributed by atoms with van der Waals surface area (Å²) in [5, 5.41) is 4.22. The first kappa shape index (κ1) is 12.5. The second-order valence-corrected chi connectivity index (χ2v) is 4.00. The molecule has 15 heavy (non-hydrogen) atoms. The molecule has 0 bridgehead atoms. The molecular formula is C12H18ClNO. The van der Waals surface area contributed by atoms with Crippen LogP contribution in [0.3, 0.4) is 0 Å². The molecule has 2 nitrogen and oxygen atoms in total. The van der Waals surface area contributed by atoms with Crippen LogP contribution in [0.1, 0.15) is 18.9 Å². The van der Waals surface area contributed by atoms with Gasteiger partial charge in [0.1, 0.15) is 0 Å². The maximum absolute atomic E-state index is 5.81. The quantitative estimate of drug-likeness (QED) is 0.807. The fraction of sp³-hybridized carbons (Fsp3) is 0.500. The summed E-state index contributed by atoms with van der Waals surface area (Å²) in [6, 6.07) is 8.32. The van der Waals surface area contributed by atoms with E-state index >= 15 is 0 Å². The molecule has 0 amide bonds. The third-order valence-corrected chi connectivity index (χ3v) is 2.62. The molecule has 84 valence electrons. The first-order valence-corrected chi connectivity index (χ1v) is 5.60. The average molecular weight is 228 g/mol. The topological polar surface area (TPSA) is 21.3 Å². The molecule has 0 heterocycles. The first-order chi connectivity index (χ1) is 7.26. The Bertz CT molecular complexity index is 273. The predicted octanol–water partition coefficient (Wildman–Crippen LogP) is 2.85. The smallest absolute Gasteiger partial charge is 0.0615 e. The van der Waals surface area contributed by atoms with Crippen LogP contribution in [0.5, 0.6) is 0 Å². The van der Waals surface area contributed by atoms with Crippen molar-refractivity contribution in [3.8, 4) is 0 Å². The normalized spacial score (nSPS) is 12.7. The van der Waals surface area contributed by atoms with Crippen molar-refractivity contribution in [1.82, 2.24) is 5.32 Å². The summed E-state index contributed by atoms with van der Waals surface area (Å²) in [4.78, 5) is 0. The van der Waals surface area contributed by atoms with E-state index in [0.29, 0.717) is 6.04 Å². The first-order valence-electron chi connectivity index (χ1n) is 5.23. The molecule has 0 aliphatic carbocycles. The van der Waals surface area contributed by atoms with E-state index in [9.17, 15) is 0 Å². The van der Waals surface area contributed by atoms with Crippen LogP contribution in [0.4, 0.5) is 0 Å². The lowest BCUT2D eigenvalue weighted by Crippen LogP contribution is -2.31. The van der Waals surface area contributed by atoms with E-state index in [1.807, 2.05) is 24.3 Å². The van der Waals surface area contributed by atoms with E-state index in [4.69, 9.17) is 16.3 Å². The molecule has 1 atom stereocenters. The predicted molar refractivity (Wildman–Crippen MR) is 64.2 cm³/mol. The highest BCUT2D eigenvalue weighted by atomic mass is 35.5. The Balaban J connectivity index is 2.38. The number of hydrogen-bond acceptors (Lipinski definition) is 2. The zero-order chi connectivity index (χ0) is 11.1. The molecule has 1 aromatic rings. The van der Waals surface area contributed by atoms with Crippen molar-refractivity contribution in [3.63, 3.8) is 0 Å². The minimum atomic E-state index is 0.422. The molecule has 0 aliphatic rings. The molecule has 0 aliphatic heterocycles. The van der Waals surface area contributed by atoms with Crippen molar-refractivity contribution in [2.24, 2.45) is 0 Å². The second-order valence-electron chi connectivity index (χ2n) is 3.57. The molecular weight excluding hydrogens is 210 g/mol. The SMILES string of the molecule is CCC(COC)NCc1ccc(Cl)cc1. The lowest BCUT2D eigenvalue weighted by atomic mass is 10.2. The number of benzene rings is 1. The van der Waals surface area contributed by atoms with Crippen LogP contribution in [0.2, 0.25) is 5.02 Å². The summed E-state index contributed by atoms with van der Waals surface area (Å²) in [5.41, 5.74) is 1.24. The van der Waals surface area contributed by atoms with Gasteiger partial charge in [-0.05, 0) is 24.1 Å². The average Bonchev–Trinajstić information content (AvgIpc) is 2.26. The zero-order valence-electron chi connectivity index (χ0n) is 9.29. The van der Waals surface area contributed by atoms with Gasteiger partial charge < -0.3 is 10.1 Å². The van der Waals surface area contributed by atoms with Gasteiger partial charge in [0.05, 0.1) is 6.61 Å². The van der Waals surface area contributed by atoms with Gasteiger partial charge in [0.25, 0.3) is 0 Å². The van der Waals surface area contributed by atoms with Gasteiger partial charge >= 0.3 is 0 Å². The zero-order valence-corrected chi connectivity index (χ0v) is 10.1. The van der Waals surface area contributed by atoms with Gasteiger partial charge in [0.15, 0.2) is 0 Å². The Morgan fingerprint density at radius 2 is 2.00 bits per heavy atom. The Morgan fingerprint density at radius 1 is 1.33 bits per heavy atom. The van der Waals surface area contributed by atoms with Gasteiger partial charge in [-0.3, -0.25) is 0 Å². The van der Waals surface area contributed by atoms with E-state index in [1.54, 1.807) is 7.11 Å². The molecule has 0 spiro atoms. The maximum Gasteiger partial charge on any atom is 0.0615 e. The molecule has 1 unspecified atom stereocenters. The van der Waals surface area contributed by atoms with Crippen molar-refractivity contribution in [2.75, 3.05) is 13.7 Å². The monoisotopic (exact) mass is 227 g/mol. The lowest BCUT2D eigenvalue weighted by molar-refractivity contribution is 0.164. The van der Waals surface area contributed by atoms with Crippen molar-refractivity contribution in [2.45, 2.75) is 25.9 Å². The standard InChI is InChI=1S/C12H18ClNO/c1-3-12(9-15-2)14-8-10-4-6-11(13)7-5-10/h4-7,12,14H,3,8-9H2,1-2H3. The fourth-order valence-electron chi connectivity index (χ4n) is 1.39. The van der Waals surface area contributed by atoms with Crippen molar-refractivity contribution < 1.29 is 4.74 Å². The van der Waals surface area contributed by atoms with Gasteiger partial charge in [-0.2, -0.15) is 0 Å². The maximum atomic E-state index is 5.81.